The second-order valence-electron chi connectivity index (χ2n) is 6.06. The minimum absolute atomic E-state index is 0.148. The zero-order valence-corrected chi connectivity index (χ0v) is 12.5. The monoisotopic (exact) mass is 296 g/mol. The first kappa shape index (κ1) is 17.7. The number of nitrogens with two attached hydrogens (primary N) is 1. The first-order valence-corrected chi connectivity index (χ1v) is 7.31. The minimum atomic E-state index is -4.07. The fourth-order valence-electron chi connectivity index (χ4n) is 2.93. The van der Waals surface area contributed by atoms with Crippen molar-refractivity contribution >= 4 is 0 Å². The third kappa shape index (κ3) is 5.58. The largest absolute Gasteiger partial charge is 0.389 e. The molecule has 1 saturated heterocycles. The van der Waals surface area contributed by atoms with Gasteiger partial charge in [-0.1, -0.05) is 0 Å². The Labute approximate surface area is 119 Å². The number of likely N-dealkylation sites (tertiary alicyclic amines) is 1. The maximum Gasteiger partial charge on any atom is 0.389 e. The Balaban J connectivity index is 2.44. The van der Waals surface area contributed by atoms with Crippen molar-refractivity contribution in [2.75, 3.05) is 33.4 Å². The Morgan fingerprint density at radius 3 is 2.25 bits per heavy atom. The summed E-state index contributed by atoms with van der Waals surface area (Å²) in [7, 11) is 1.70. The number of piperidine rings is 1. The molecule has 0 aromatic carbocycles. The molecule has 20 heavy (non-hydrogen) atoms. The average Bonchev–Trinajstić information content (AvgIpc) is 2.38. The van der Waals surface area contributed by atoms with E-state index in [-0.39, 0.29) is 12.0 Å². The van der Waals surface area contributed by atoms with Gasteiger partial charge in [-0.2, -0.15) is 13.2 Å². The van der Waals surface area contributed by atoms with Crippen molar-refractivity contribution in [3.8, 4) is 0 Å². The van der Waals surface area contributed by atoms with Crippen LogP contribution in [0.3, 0.4) is 0 Å². The predicted molar refractivity (Wildman–Crippen MR) is 73.5 cm³/mol. The Morgan fingerprint density at radius 2 is 1.80 bits per heavy atom. The first-order valence-electron chi connectivity index (χ1n) is 7.31. The summed E-state index contributed by atoms with van der Waals surface area (Å²) < 4.78 is 41.9. The van der Waals surface area contributed by atoms with E-state index in [4.69, 9.17) is 10.5 Å². The Bertz CT molecular complexity index is 278. The molecular formula is C14H27F3N2O. The lowest BCUT2D eigenvalue weighted by molar-refractivity contribution is -0.137. The van der Waals surface area contributed by atoms with Gasteiger partial charge in [-0.05, 0) is 51.6 Å². The number of alkyl halides is 3. The van der Waals surface area contributed by atoms with E-state index in [2.05, 4.69) is 4.90 Å². The summed E-state index contributed by atoms with van der Waals surface area (Å²) in [5, 5.41) is 0. The Hall–Kier alpha value is -0.330. The van der Waals surface area contributed by atoms with Crippen LogP contribution in [0.5, 0.6) is 0 Å². The number of hydrogen-bond acceptors (Lipinski definition) is 3. The van der Waals surface area contributed by atoms with Crippen LogP contribution in [0.4, 0.5) is 13.2 Å². The van der Waals surface area contributed by atoms with Gasteiger partial charge in [0.25, 0.3) is 0 Å². The lowest BCUT2D eigenvalue weighted by Crippen LogP contribution is -2.54. The van der Waals surface area contributed by atoms with Crippen molar-refractivity contribution < 1.29 is 17.9 Å². The van der Waals surface area contributed by atoms with Gasteiger partial charge in [0, 0.05) is 32.2 Å². The van der Waals surface area contributed by atoms with E-state index < -0.39 is 12.6 Å². The highest BCUT2D eigenvalue weighted by atomic mass is 19.4. The van der Waals surface area contributed by atoms with E-state index in [9.17, 15) is 13.2 Å². The van der Waals surface area contributed by atoms with Crippen LogP contribution in [-0.2, 0) is 4.74 Å². The summed E-state index contributed by atoms with van der Waals surface area (Å²) in [6.07, 6.45) is -2.08. The van der Waals surface area contributed by atoms with Crippen LogP contribution in [0.15, 0.2) is 0 Å². The third-order valence-corrected chi connectivity index (χ3v) is 4.40. The van der Waals surface area contributed by atoms with Crippen molar-refractivity contribution in [3.05, 3.63) is 0 Å². The molecule has 0 aromatic heterocycles. The number of ether oxygens (including phenoxy) is 1. The molecule has 0 saturated carbocycles. The van der Waals surface area contributed by atoms with Crippen molar-refractivity contribution in [2.24, 2.45) is 11.7 Å². The molecule has 1 atom stereocenters. The summed E-state index contributed by atoms with van der Waals surface area (Å²) in [6, 6.07) is 0. The summed E-state index contributed by atoms with van der Waals surface area (Å²) >= 11 is 0. The second kappa shape index (κ2) is 7.61. The smallest absolute Gasteiger partial charge is 0.384 e. The molecule has 1 fully saturated rings. The molecule has 0 aliphatic carbocycles. The predicted octanol–water partition coefficient (Wildman–Crippen LogP) is 2.79. The second-order valence-corrected chi connectivity index (χ2v) is 6.06. The normalized spacial score (nSPS) is 21.9. The number of halogens is 3. The fraction of sp³-hybridized carbons (Fsp3) is 1.00. The highest BCUT2D eigenvalue weighted by molar-refractivity contribution is 4.90. The van der Waals surface area contributed by atoms with Crippen molar-refractivity contribution in [1.29, 1.82) is 0 Å². The van der Waals surface area contributed by atoms with Crippen LogP contribution in [0.2, 0.25) is 0 Å². The fourth-order valence-corrected chi connectivity index (χ4v) is 2.93. The Kier molecular flexibility index (Phi) is 6.75. The van der Waals surface area contributed by atoms with Crippen molar-refractivity contribution in [2.45, 2.75) is 50.7 Å². The van der Waals surface area contributed by atoms with Crippen LogP contribution >= 0.6 is 0 Å². The topological polar surface area (TPSA) is 38.5 Å². The summed E-state index contributed by atoms with van der Waals surface area (Å²) in [4.78, 5) is 2.26. The van der Waals surface area contributed by atoms with E-state index in [1.54, 1.807) is 7.11 Å². The van der Waals surface area contributed by atoms with Crippen LogP contribution in [-0.4, -0.2) is 50.0 Å². The highest BCUT2D eigenvalue weighted by Gasteiger charge is 2.35. The molecule has 0 aromatic rings. The molecule has 0 spiro atoms. The highest BCUT2D eigenvalue weighted by Crippen LogP contribution is 2.30. The molecular weight excluding hydrogens is 269 g/mol. The molecule has 0 radical (unpaired) electrons. The molecule has 1 aliphatic heterocycles. The molecule has 3 nitrogen and oxygen atoms in total. The van der Waals surface area contributed by atoms with Gasteiger partial charge in [0.05, 0.1) is 0 Å². The van der Waals surface area contributed by atoms with Gasteiger partial charge in [0.15, 0.2) is 0 Å². The molecule has 2 N–H and O–H groups in total. The molecule has 1 aliphatic rings. The zero-order valence-electron chi connectivity index (χ0n) is 12.5. The van der Waals surface area contributed by atoms with E-state index in [1.165, 1.54) is 0 Å². The van der Waals surface area contributed by atoms with Crippen molar-refractivity contribution in [1.82, 2.24) is 4.90 Å². The maximum atomic E-state index is 12.3. The molecule has 0 amide bonds. The quantitative estimate of drug-likeness (QED) is 0.785. The van der Waals surface area contributed by atoms with Crippen LogP contribution in [0, 0.1) is 5.92 Å². The summed E-state index contributed by atoms with van der Waals surface area (Å²) in [6.45, 7) is 4.95. The number of rotatable bonds is 7. The first-order chi connectivity index (χ1) is 9.30. The van der Waals surface area contributed by atoms with Crippen LogP contribution in [0.1, 0.15) is 39.0 Å². The molecule has 120 valence electrons. The van der Waals surface area contributed by atoms with Gasteiger partial charge in [0.1, 0.15) is 0 Å². The molecule has 1 heterocycles. The van der Waals surface area contributed by atoms with Gasteiger partial charge >= 0.3 is 6.18 Å². The lowest BCUT2D eigenvalue weighted by atomic mass is 9.88. The van der Waals surface area contributed by atoms with E-state index in [0.717, 1.165) is 32.5 Å². The molecule has 6 heteroatoms. The van der Waals surface area contributed by atoms with E-state index >= 15 is 0 Å². The molecule has 1 unspecified atom stereocenters. The number of methoxy groups -OCH3 is 1. The van der Waals surface area contributed by atoms with Gasteiger partial charge in [-0.3, -0.25) is 4.90 Å². The van der Waals surface area contributed by atoms with Gasteiger partial charge in [0.2, 0.25) is 0 Å². The Morgan fingerprint density at radius 1 is 1.20 bits per heavy atom. The van der Waals surface area contributed by atoms with E-state index in [0.29, 0.717) is 18.9 Å². The van der Waals surface area contributed by atoms with Crippen LogP contribution in [0.25, 0.3) is 0 Å². The van der Waals surface area contributed by atoms with Gasteiger partial charge < -0.3 is 10.5 Å². The van der Waals surface area contributed by atoms with Crippen LogP contribution < -0.4 is 5.73 Å². The minimum Gasteiger partial charge on any atom is -0.384 e. The van der Waals surface area contributed by atoms with Gasteiger partial charge in [-0.15, -0.1) is 0 Å². The summed E-state index contributed by atoms with van der Waals surface area (Å²) in [5.41, 5.74) is 5.52. The zero-order chi connectivity index (χ0) is 15.2. The maximum absolute atomic E-state index is 12.3. The summed E-state index contributed by atoms with van der Waals surface area (Å²) in [5.74, 6) is 0.563. The molecule has 0 bridgehead atoms. The number of hydrogen-bond donors (Lipinski definition) is 1. The SMILES string of the molecule is COCC1CCN(C(C)(CN)CCCC(F)(F)F)CC1. The van der Waals surface area contributed by atoms with E-state index in [1.807, 2.05) is 6.92 Å². The third-order valence-electron chi connectivity index (χ3n) is 4.40. The standard InChI is InChI=1S/C14H27F3N2O/c1-13(11-18,6-3-7-14(15,16)17)19-8-4-12(5-9-19)10-20-2/h12H,3-11,18H2,1-2H3. The van der Waals surface area contributed by atoms with Crippen molar-refractivity contribution in [3.63, 3.8) is 0 Å². The lowest BCUT2D eigenvalue weighted by Gasteiger charge is -2.44. The average molecular weight is 296 g/mol. The van der Waals surface area contributed by atoms with Gasteiger partial charge in [-0.25, -0.2) is 0 Å². The molecule has 1 rings (SSSR count). The number of nitrogens with zero attached hydrogens (tertiary/aromatic N) is 1.